The Kier molecular flexibility index (Phi) is 5.16. The van der Waals surface area contributed by atoms with Gasteiger partial charge < -0.3 is 15.4 Å². The number of rotatable bonds is 5. The molecule has 0 radical (unpaired) electrons. The topological polar surface area (TPSA) is 67.4 Å². The third-order valence-electron chi connectivity index (χ3n) is 4.89. The number of benzene rings is 2. The van der Waals surface area contributed by atoms with Gasteiger partial charge in [-0.2, -0.15) is 0 Å². The molecule has 0 aliphatic heterocycles. The Bertz CT molecular complexity index is 897. The number of methoxy groups -OCH3 is 1. The highest BCUT2D eigenvalue weighted by molar-refractivity contribution is 6.34. The number of nitrogens with one attached hydrogen (secondary N) is 2. The molecular formula is C21H23ClN2O3. The first kappa shape index (κ1) is 19.2. The molecule has 1 saturated carbocycles. The second-order valence-corrected chi connectivity index (χ2v) is 7.54. The summed E-state index contributed by atoms with van der Waals surface area (Å²) in [4.78, 5) is 25.7. The molecular weight excluding hydrogens is 364 g/mol. The number of halogens is 1. The summed E-state index contributed by atoms with van der Waals surface area (Å²) < 4.78 is 5.30. The summed E-state index contributed by atoms with van der Waals surface area (Å²) in [6, 6.07) is 9.25. The maximum absolute atomic E-state index is 12.9. The number of carbonyl (C=O) groups is 2. The van der Waals surface area contributed by atoms with E-state index in [1.807, 2.05) is 39.0 Å². The van der Waals surface area contributed by atoms with Gasteiger partial charge in [-0.3, -0.25) is 9.59 Å². The van der Waals surface area contributed by atoms with Gasteiger partial charge in [-0.05, 0) is 68.5 Å². The van der Waals surface area contributed by atoms with E-state index < -0.39 is 5.41 Å². The molecule has 5 nitrogen and oxygen atoms in total. The predicted molar refractivity (Wildman–Crippen MR) is 108 cm³/mol. The summed E-state index contributed by atoms with van der Waals surface area (Å²) in [5, 5.41) is 6.17. The van der Waals surface area contributed by atoms with Gasteiger partial charge >= 0.3 is 0 Å². The number of hydrogen-bond donors (Lipinski definition) is 2. The van der Waals surface area contributed by atoms with Gasteiger partial charge in [0.25, 0.3) is 0 Å². The van der Waals surface area contributed by atoms with E-state index in [0.717, 1.165) is 16.7 Å². The molecule has 2 amide bonds. The molecule has 1 fully saturated rings. The lowest BCUT2D eigenvalue weighted by atomic mass is 10.0. The zero-order chi connectivity index (χ0) is 19.8. The van der Waals surface area contributed by atoms with Crippen molar-refractivity contribution in [3.63, 3.8) is 0 Å². The molecule has 0 aromatic heterocycles. The fourth-order valence-corrected chi connectivity index (χ4v) is 3.52. The minimum absolute atomic E-state index is 0.329. The van der Waals surface area contributed by atoms with Crippen LogP contribution in [0.25, 0.3) is 0 Å². The Balaban J connectivity index is 1.80. The molecule has 1 aliphatic carbocycles. The molecule has 0 unspecified atom stereocenters. The molecule has 1 aliphatic rings. The number of hydrogen-bond acceptors (Lipinski definition) is 3. The molecule has 142 valence electrons. The van der Waals surface area contributed by atoms with Crippen LogP contribution in [0.1, 0.15) is 29.5 Å². The summed E-state index contributed by atoms with van der Waals surface area (Å²) in [5.74, 6) is -0.104. The van der Waals surface area contributed by atoms with Crippen molar-refractivity contribution in [2.45, 2.75) is 33.6 Å². The average Bonchev–Trinajstić information content (AvgIpc) is 3.40. The van der Waals surface area contributed by atoms with Crippen LogP contribution in [-0.4, -0.2) is 18.9 Å². The number of amides is 2. The van der Waals surface area contributed by atoms with Crippen molar-refractivity contribution in [2.24, 2.45) is 5.41 Å². The molecule has 3 rings (SSSR count). The maximum Gasteiger partial charge on any atom is 0.240 e. The van der Waals surface area contributed by atoms with Gasteiger partial charge in [-0.1, -0.05) is 23.7 Å². The second-order valence-electron chi connectivity index (χ2n) is 7.13. The van der Waals surface area contributed by atoms with E-state index in [0.29, 0.717) is 35.0 Å². The summed E-state index contributed by atoms with van der Waals surface area (Å²) in [7, 11) is 1.54. The second kappa shape index (κ2) is 7.24. The van der Waals surface area contributed by atoms with Gasteiger partial charge in [-0.15, -0.1) is 0 Å². The van der Waals surface area contributed by atoms with Crippen LogP contribution in [0.15, 0.2) is 30.3 Å². The Morgan fingerprint density at radius 2 is 1.67 bits per heavy atom. The van der Waals surface area contributed by atoms with Crippen LogP contribution in [0, 0.1) is 26.2 Å². The monoisotopic (exact) mass is 386 g/mol. The van der Waals surface area contributed by atoms with E-state index in [1.54, 1.807) is 19.2 Å². The first-order valence-electron chi connectivity index (χ1n) is 8.81. The lowest BCUT2D eigenvalue weighted by molar-refractivity contribution is -0.131. The first-order valence-corrected chi connectivity index (χ1v) is 9.19. The Morgan fingerprint density at radius 1 is 1.00 bits per heavy atom. The van der Waals surface area contributed by atoms with E-state index in [-0.39, 0.29) is 11.8 Å². The Hall–Kier alpha value is -2.53. The number of anilines is 2. The van der Waals surface area contributed by atoms with Gasteiger partial charge in [-0.25, -0.2) is 0 Å². The quantitative estimate of drug-likeness (QED) is 0.736. The molecule has 0 spiro atoms. The van der Waals surface area contributed by atoms with Crippen molar-refractivity contribution in [3.05, 3.63) is 52.0 Å². The van der Waals surface area contributed by atoms with E-state index >= 15 is 0 Å². The maximum atomic E-state index is 12.9. The van der Waals surface area contributed by atoms with E-state index in [9.17, 15) is 9.59 Å². The number of aryl methyl sites for hydroxylation is 3. The fraction of sp³-hybridized carbons (Fsp3) is 0.333. The van der Waals surface area contributed by atoms with Gasteiger partial charge in [0.05, 0.1) is 23.5 Å². The van der Waals surface area contributed by atoms with E-state index in [4.69, 9.17) is 16.3 Å². The van der Waals surface area contributed by atoms with Crippen LogP contribution < -0.4 is 15.4 Å². The molecule has 0 atom stereocenters. The normalized spacial score (nSPS) is 14.4. The minimum atomic E-state index is -1.07. The highest BCUT2D eigenvalue weighted by atomic mass is 35.5. The van der Waals surface area contributed by atoms with Crippen molar-refractivity contribution in [2.75, 3.05) is 17.7 Å². The molecule has 0 heterocycles. The number of ether oxygens (including phenoxy) is 1. The molecule has 0 bridgehead atoms. The molecule has 27 heavy (non-hydrogen) atoms. The van der Waals surface area contributed by atoms with Gasteiger partial charge in [0.2, 0.25) is 11.8 Å². The molecule has 2 aromatic rings. The van der Waals surface area contributed by atoms with Crippen LogP contribution in [-0.2, 0) is 9.59 Å². The van der Waals surface area contributed by atoms with E-state index in [2.05, 4.69) is 10.6 Å². The lowest BCUT2D eigenvalue weighted by Crippen LogP contribution is -2.36. The third kappa shape index (κ3) is 3.78. The van der Waals surface area contributed by atoms with Crippen molar-refractivity contribution >= 4 is 34.8 Å². The van der Waals surface area contributed by atoms with Crippen molar-refractivity contribution in [1.29, 1.82) is 0 Å². The van der Waals surface area contributed by atoms with Crippen LogP contribution in [0.2, 0.25) is 5.02 Å². The summed E-state index contributed by atoms with van der Waals surface area (Å²) in [6.45, 7) is 5.75. The molecule has 6 heteroatoms. The third-order valence-corrected chi connectivity index (χ3v) is 5.19. The highest BCUT2D eigenvalue weighted by Gasteiger charge is 2.56. The average molecular weight is 387 g/mol. The van der Waals surface area contributed by atoms with Crippen molar-refractivity contribution < 1.29 is 14.3 Å². The lowest BCUT2D eigenvalue weighted by Gasteiger charge is -2.18. The molecule has 2 aromatic carbocycles. The van der Waals surface area contributed by atoms with Crippen LogP contribution >= 0.6 is 11.6 Å². The standard InChI is InChI=1S/C21H23ClN2O3/c1-12-5-6-17(27-4)16(11-12)23-19(25)21(7-8-21)20(26)24-18-14(3)9-13(2)10-15(18)22/h5-6,9-11H,7-8H2,1-4H3,(H,23,25)(H,24,26). The van der Waals surface area contributed by atoms with Crippen LogP contribution in [0.5, 0.6) is 5.75 Å². The minimum Gasteiger partial charge on any atom is -0.495 e. The van der Waals surface area contributed by atoms with Gasteiger partial charge in [0, 0.05) is 0 Å². The smallest absolute Gasteiger partial charge is 0.240 e. The largest absolute Gasteiger partial charge is 0.495 e. The number of carbonyl (C=O) groups excluding carboxylic acids is 2. The highest BCUT2D eigenvalue weighted by Crippen LogP contribution is 2.48. The fourth-order valence-electron chi connectivity index (χ4n) is 3.15. The zero-order valence-corrected chi connectivity index (χ0v) is 16.7. The molecule has 0 saturated heterocycles. The van der Waals surface area contributed by atoms with Gasteiger partial charge in [0.15, 0.2) is 0 Å². The summed E-state index contributed by atoms with van der Waals surface area (Å²) in [6.07, 6.45) is 1.00. The van der Waals surface area contributed by atoms with Gasteiger partial charge in [0.1, 0.15) is 11.2 Å². The van der Waals surface area contributed by atoms with Crippen molar-refractivity contribution in [1.82, 2.24) is 0 Å². The summed E-state index contributed by atoms with van der Waals surface area (Å²) in [5.41, 5.74) is 2.91. The molecule has 2 N–H and O–H groups in total. The Labute approximate surface area is 164 Å². The van der Waals surface area contributed by atoms with Crippen LogP contribution in [0.3, 0.4) is 0 Å². The first-order chi connectivity index (χ1) is 12.8. The van der Waals surface area contributed by atoms with E-state index in [1.165, 1.54) is 0 Å². The Morgan fingerprint density at radius 3 is 2.26 bits per heavy atom. The predicted octanol–water partition coefficient (Wildman–Crippen LogP) is 4.63. The summed E-state index contributed by atoms with van der Waals surface area (Å²) >= 11 is 6.28. The zero-order valence-electron chi connectivity index (χ0n) is 15.9. The van der Waals surface area contributed by atoms with Crippen molar-refractivity contribution in [3.8, 4) is 5.75 Å². The van der Waals surface area contributed by atoms with Crippen LogP contribution in [0.4, 0.5) is 11.4 Å². The SMILES string of the molecule is COc1ccc(C)cc1NC(=O)C1(C(=O)Nc2c(C)cc(C)cc2Cl)CC1.